The van der Waals surface area contributed by atoms with Crippen LogP contribution in [0.25, 0.3) is 0 Å². The highest BCUT2D eigenvalue weighted by Gasteiger charge is 2.36. The van der Waals surface area contributed by atoms with Gasteiger partial charge in [0.1, 0.15) is 12.7 Å². The van der Waals surface area contributed by atoms with Crippen molar-refractivity contribution >= 4 is 0 Å². The first-order chi connectivity index (χ1) is 9.36. The SMILES string of the molecule is c1ccc(CCC2(Cn3cncn3)OCCO2)cc1. The molecule has 1 fully saturated rings. The summed E-state index contributed by atoms with van der Waals surface area (Å²) in [6.07, 6.45) is 4.96. The summed E-state index contributed by atoms with van der Waals surface area (Å²) in [6, 6.07) is 10.4. The van der Waals surface area contributed by atoms with Gasteiger partial charge in [0, 0.05) is 6.42 Å². The first kappa shape index (κ1) is 12.3. The summed E-state index contributed by atoms with van der Waals surface area (Å²) in [6.45, 7) is 1.87. The zero-order valence-corrected chi connectivity index (χ0v) is 10.7. The van der Waals surface area contributed by atoms with Crippen molar-refractivity contribution in [2.45, 2.75) is 25.2 Å². The molecule has 1 aliphatic rings. The van der Waals surface area contributed by atoms with Crippen LogP contribution in [-0.2, 0) is 22.4 Å². The molecule has 0 atom stereocenters. The van der Waals surface area contributed by atoms with E-state index in [1.54, 1.807) is 11.0 Å². The highest BCUT2D eigenvalue weighted by molar-refractivity contribution is 5.14. The molecule has 1 aromatic carbocycles. The van der Waals surface area contributed by atoms with Gasteiger partial charge in [-0.1, -0.05) is 30.3 Å². The molecule has 100 valence electrons. The van der Waals surface area contributed by atoms with Gasteiger partial charge in [-0.25, -0.2) is 9.67 Å². The van der Waals surface area contributed by atoms with Crippen molar-refractivity contribution in [2.75, 3.05) is 13.2 Å². The summed E-state index contributed by atoms with van der Waals surface area (Å²) in [5.41, 5.74) is 1.29. The summed E-state index contributed by atoms with van der Waals surface area (Å²) in [5, 5.41) is 4.13. The molecule has 0 saturated carbocycles. The standard InChI is InChI=1S/C14H17N3O2/c1-2-4-13(5-3-1)6-7-14(18-8-9-19-14)10-17-12-15-11-16-17/h1-5,11-12H,6-10H2. The molecule has 1 aliphatic heterocycles. The molecule has 19 heavy (non-hydrogen) atoms. The number of aryl methyl sites for hydroxylation is 1. The molecule has 2 aromatic rings. The molecule has 0 aliphatic carbocycles. The minimum absolute atomic E-state index is 0.566. The molecule has 3 rings (SSSR count). The second kappa shape index (κ2) is 5.50. The average molecular weight is 259 g/mol. The smallest absolute Gasteiger partial charge is 0.188 e. The lowest BCUT2D eigenvalue weighted by Crippen LogP contribution is -2.36. The van der Waals surface area contributed by atoms with Gasteiger partial charge in [0.05, 0.1) is 19.8 Å². The van der Waals surface area contributed by atoms with Gasteiger partial charge in [-0.3, -0.25) is 0 Å². The average Bonchev–Trinajstić information content (AvgIpc) is 3.11. The van der Waals surface area contributed by atoms with Crippen molar-refractivity contribution < 1.29 is 9.47 Å². The lowest BCUT2D eigenvalue weighted by Gasteiger charge is -2.27. The van der Waals surface area contributed by atoms with Crippen LogP contribution in [0.2, 0.25) is 0 Å². The van der Waals surface area contributed by atoms with Gasteiger partial charge in [-0.05, 0) is 12.0 Å². The Morgan fingerprint density at radius 2 is 1.95 bits per heavy atom. The lowest BCUT2D eigenvalue weighted by atomic mass is 10.0. The van der Waals surface area contributed by atoms with Crippen molar-refractivity contribution in [3.63, 3.8) is 0 Å². The highest BCUT2D eigenvalue weighted by atomic mass is 16.7. The van der Waals surface area contributed by atoms with Crippen LogP contribution in [0.1, 0.15) is 12.0 Å². The van der Waals surface area contributed by atoms with E-state index >= 15 is 0 Å². The predicted molar refractivity (Wildman–Crippen MR) is 69.4 cm³/mol. The van der Waals surface area contributed by atoms with Crippen LogP contribution in [0.5, 0.6) is 0 Å². The molecule has 0 amide bonds. The number of rotatable bonds is 5. The Balaban J connectivity index is 1.67. The maximum atomic E-state index is 5.82. The van der Waals surface area contributed by atoms with Gasteiger partial charge in [0.15, 0.2) is 5.79 Å². The molecule has 0 unspecified atom stereocenters. The zero-order chi connectivity index (χ0) is 13.0. The third-order valence-corrected chi connectivity index (χ3v) is 3.32. The van der Waals surface area contributed by atoms with E-state index in [1.165, 1.54) is 11.9 Å². The molecule has 0 bridgehead atoms. The fourth-order valence-corrected chi connectivity index (χ4v) is 2.35. The Hall–Kier alpha value is -1.72. The minimum Gasteiger partial charge on any atom is -0.346 e. The van der Waals surface area contributed by atoms with Crippen LogP contribution in [0.15, 0.2) is 43.0 Å². The highest BCUT2D eigenvalue weighted by Crippen LogP contribution is 2.27. The summed E-state index contributed by atoms with van der Waals surface area (Å²) in [4.78, 5) is 3.95. The third kappa shape index (κ3) is 3.00. The Morgan fingerprint density at radius 1 is 1.16 bits per heavy atom. The molecule has 5 nitrogen and oxygen atoms in total. The first-order valence-corrected chi connectivity index (χ1v) is 6.51. The van der Waals surface area contributed by atoms with E-state index in [4.69, 9.17) is 9.47 Å². The largest absolute Gasteiger partial charge is 0.346 e. The molecule has 0 N–H and O–H groups in total. The Kier molecular flexibility index (Phi) is 3.57. The number of hydrogen-bond donors (Lipinski definition) is 0. The van der Waals surface area contributed by atoms with Gasteiger partial charge in [-0.2, -0.15) is 5.10 Å². The predicted octanol–water partition coefficient (Wildman–Crippen LogP) is 1.65. The zero-order valence-electron chi connectivity index (χ0n) is 10.7. The van der Waals surface area contributed by atoms with E-state index in [1.807, 2.05) is 6.07 Å². The van der Waals surface area contributed by atoms with Crippen molar-refractivity contribution in [3.8, 4) is 0 Å². The summed E-state index contributed by atoms with van der Waals surface area (Å²) in [5.74, 6) is -0.566. The number of benzene rings is 1. The third-order valence-electron chi connectivity index (χ3n) is 3.32. The fourth-order valence-electron chi connectivity index (χ4n) is 2.35. The van der Waals surface area contributed by atoms with Crippen LogP contribution < -0.4 is 0 Å². The van der Waals surface area contributed by atoms with Gasteiger partial charge in [0.2, 0.25) is 0 Å². The maximum absolute atomic E-state index is 5.82. The summed E-state index contributed by atoms with van der Waals surface area (Å²) in [7, 11) is 0. The molecule has 0 spiro atoms. The van der Waals surface area contributed by atoms with Gasteiger partial charge in [-0.15, -0.1) is 0 Å². The van der Waals surface area contributed by atoms with E-state index in [9.17, 15) is 0 Å². The van der Waals surface area contributed by atoms with Gasteiger partial charge < -0.3 is 9.47 Å². The molecule has 0 radical (unpaired) electrons. The Bertz CT molecular complexity index is 493. The van der Waals surface area contributed by atoms with Crippen molar-refractivity contribution in [1.82, 2.24) is 14.8 Å². The lowest BCUT2D eigenvalue weighted by molar-refractivity contribution is -0.173. The Labute approximate surface area is 112 Å². The summed E-state index contributed by atoms with van der Waals surface area (Å²) >= 11 is 0. The maximum Gasteiger partial charge on any atom is 0.188 e. The summed E-state index contributed by atoms with van der Waals surface area (Å²) < 4.78 is 13.4. The first-order valence-electron chi connectivity index (χ1n) is 6.51. The van der Waals surface area contributed by atoms with E-state index in [2.05, 4.69) is 34.3 Å². The fraction of sp³-hybridized carbons (Fsp3) is 0.429. The normalized spacial score (nSPS) is 17.7. The monoisotopic (exact) mass is 259 g/mol. The van der Waals surface area contributed by atoms with Crippen LogP contribution in [0.3, 0.4) is 0 Å². The number of hydrogen-bond acceptors (Lipinski definition) is 4. The Morgan fingerprint density at radius 3 is 2.63 bits per heavy atom. The van der Waals surface area contributed by atoms with Gasteiger partial charge >= 0.3 is 0 Å². The molecule has 2 heterocycles. The van der Waals surface area contributed by atoms with Crippen LogP contribution in [0, 0.1) is 0 Å². The van der Waals surface area contributed by atoms with Crippen LogP contribution in [-0.4, -0.2) is 33.8 Å². The van der Waals surface area contributed by atoms with E-state index < -0.39 is 5.79 Å². The molecule has 1 aromatic heterocycles. The minimum atomic E-state index is -0.566. The molecular weight excluding hydrogens is 242 g/mol. The quantitative estimate of drug-likeness (QED) is 0.819. The van der Waals surface area contributed by atoms with E-state index in [0.29, 0.717) is 19.8 Å². The van der Waals surface area contributed by atoms with E-state index in [-0.39, 0.29) is 0 Å². The number of ether oxygens (including phenoxy) is 2. The van der Waals surface area contributed by atoms with Crippen LogP contribution >= 0.6 is 0 Å². The second-order valence-corrected chi connectivity index (χ2v) is 4.69. The number of nitrogens with zero attached hydrogens (tertiary/aromatic N) is 3. The second-order valence-electron chi connectivity index (χ2n) is 4.69. The van der Waals surface area contributed by atoms with Crippen molar-refractivity contribution in [3.05, 3.63) is 48.5 Å². The molecule has 5 heteroatoms. The van der Waals surface area contributed by atoms with Crippen molar-refractivity contribution in [1.29, 1.82) is 0 Å². The van der Waals surface area contributed by atoms with Gasteiger partial charge in [0.25, 0.3) is 0 Å². The van der Waals surface area contributed by atoms with Crippen LogP contribution in [0.4, 0.5) is 0 Å². The topological polar surface area (TPSA) is 49.2 Å². The molecular formula is C14H17N3O2. The van der Waals surface area contributed by atoms with Crippen molar-refractivity contribution in [2.24, 2.45) is 0 Å². The molecule has 1 saturated heterocycles. The van der Waals surface area contributed by atoms with E-state index in [0.717, 1.165) is 12.8 Å². The number of aromatic nitrogens is 3.